The van der Waals surface area contributed by atoms with Crippen LogP contribution in [0.2, 0.25) is 5.02 Å². The third-order valence-corrected chi connectivity index (χ3v) is 3.58. The molecule has 0 heterocycles. The van der Waals surface area contributed by atoms with Crippen molar-refractivity contribution in [1.29, 1.82) is 0 Å². The van der Waals surface area contributed by atoms with Gasteiger partial charge in [-0.05, 0) is 48.9 Å². The molecule has 0 aliphatic carbocycles. The number of carbonyl (C=O) groups excluding carboxylic acids is 2. The second-order valence-electron chi connectivity index (χ2n) is 4.53. The van der Waals surface area contributed by atoms with Gasteiger partial charge < -0.3 is 15.7 Å². The number of anilines is 2. The van der Waals surface area contributed by atoms with Crippen LogP contribution in [0.1, 0.15) is 5.56 Å². The lowest BCUT2D eigenvalue weighted by molar-refractivity contribution is -0.133. The van der Waals surface area contributed by atoms with Crippen LogP contribution in [0.15, 0.2) is 40.9 Å². The highest BCUT2D eigenvalue weighted by Crippen LogP contribution is 2.26. The SMILES string of the molecule is Cc1cc(Br)ccc1NC(=O)C(=O)Nc1cc(Cl)ccc1O. The zero-order valence-electron chi connectivity index (χ0n) is 11.5. The van der Waals surface area contributed by atoms with Gasteiger partial charge in [0, 0.05) is 15.2 Å². The van der Waals surface area contributed by atoms with Crippen molar-refractivity contribution in [3.8, 4) is 5.75 Å². The Kier molecular flexibility index (Phi) is 5.05. The van der Waals surface area contributed by atoms with E-state index in [9.17, 15) is 14.7 Å². The third kappa shape index (κ3) is 3.99. The van der Waals surface area contributed by atoms with Gasteiger partial charge in [0.25, 0.3) is 0 Å². The Bertz CT molecular complexity index is 750. The molecule has 2 amide bonds. The molecule has 0 saturated heterocycles. The lowest BCUT2D eigenvalue weighted by Gasteiger charge is -2.10. The fourth-order valence-electron chi connectivity index (χ4n) is 1.73. The molecule has 0 atom stereocenters. The highest BCUT2D eigenvalue weighted by atomic mass is 79.9. The second-order valence-corrected chi connectivity index (χ2v) is 5.88. The largest absolute Gasteiger partial charge is 0.506 e. The monoisotopic (exact) mass is 382 g/mol. The van der Waals surface area contributed by atoms with Gasteiger partial charge in [0.15, 0.2) is 0 Å². The molecule has 0 unspecified atom stereocenters. The van der Waals surface area contributed by atoms with Crippen LogP contribution in [-0.4, -0.2) is 16.9 Å². The van der Waals surface area contributed by atoms with Crippen molar-refractivity contribution >= 4 is 50.7 Å². The molecule has 0 spiro atoms. The van der Waals surface area contributed by atoms with Gasteiger partial charge in [0.2, 0.25) is 0 Å². The number of carbonyl (C=O) groups is 2. The summed E-state index contributed by atoms with van der Waals surface area (Å²) in [6, 6.07) is 9.40. The maximum absolute atomic E-state index is 11.9. The fourth-order valence-corrected chi connectivity index (χ4v) is 2.38. The van der Waals surface area contributed by atoms with Gasteiger partial charge in [0.05, 0.1) is 5.69 Å². The zero-order chi connectivity index (χ0) is 16.3. The van der Waals surface area contributed by atoms with Crippen LogP contribution < -0.4 is 10.6 Å². The maximum Gasteiger partial charge on any atom is 0.314 e. The molecule has 0 radical (unpaired) electrons. The molecular formula is C15H12BrClN2O3. The topological polar surface area (TPSA) is 78.4 Å². The lowest BCUT2D eigenvalue weighted by Crippen LogP contribution is -2.29. The van der Waals surface area contributed by atoms with Crippen LogP contribution in [0.25, 0.3) is 0 Å². The molecule has 0 aliphatic rings. The van der Waals surface area contributed by atoms with E-state index < -0.39 is 11.8 Å². The summed E-state index contributed by atoms with van der Waals surface area (Å²) in [5.41, 5.74) is 1.40. The van der Waals surface area contributed by atoms with E-state index in [0.717, 1.165) is 10.0 Å². The minimum Gasteiger partial charge on any atom is -0.506 e. The number of phenols is 1. The lowest BCUT2D eigenvalue weighted by atomic mass is 10.2. The van der Waals surface area contributed by atoms with Gasteiger partial charge in [-0.25, -0.2) is 0 Å². The molecule has 0 fully saturated rings. The van der Waals surface area contributed by atoms with Crippen molar-refractivity contribution in [2.45, 2.75) is 6.92 Å². The molecule has 2 rings (SSSR count). The van der Waals surface area contributed by atoms with Gasteiger partial charge in [-0.15, -0.1) is 0 Å². The van der Waals surface area contributed by atoms with Crippen molar-refractivity contribution in [3.63, 3.8) is 0 Å². The van der Waals surface area contributed by atoms with E-state index in [0.29, 0.717) is 10.7 Å². The zero-order valence-corrected chi connectivity index (χ0v) is 13.8. The maximum atomic E-state index is 11.9. The average molecular weight is 384 g/mol. The normalized spacial score (nSPS) is 10.1. The van der Waals surface area contributed by atoms with Gasteiger partial charge in [-0.2, -0.15) is 0 Å². The first-order chi connectivity index (χ1) is 10.4. The number of benzene rings is 2. The number of aryl methyl sites for hydroxylation is 1. The minimum absolute atomic E-state index is 0.0696. The molecule has 0 aliphatic heterocycles. The van der Waals surface area contributed by atoms with E-state index in [4.69, 9.17) is 11.6 Å². The molecule has 2 aromatic carbocycles. The Balaban J connectivity index is 2.09. The van der Waals surface area contributed by atoms with Gasteiger partial charge in [0.1, 0.15) is 5.75 Å². The molecular weight excluding hydrogens is 372 g/mol. The van der Waals surface area contributed by atoms with E-state index in [1.807, 2.05) is 6.07 Å². The first kappa shape index (κ1) is 16.3. The average Bonchev–Trinajstić information content (AvgIpc) is 2.45. The van der Waals surface area contributed by atoms with Crippen LogP contribution in [-0.2, 0) is 9.59 Å². The minimum atomic E-state index is -0.903. The number of hydrogen-bond acceptors (Lipinski definition) is 3. The molecule has 3 N–H and O–H groups in total. The Hall–Kier alpha value is -2.05. The summed E-state index contributed by atoms with van der Waals surface area (Å²) < 4.78 is 0.872. The summed E-state index contributed by atoms with van der Waals surface area (Å²) in [5, 5.41) is 14.8. The van der Waals surface area contributed by atoms with Gasteiger partial charge >= 0.3 is 11.8 Å². The van der Waals surface area contributed by atoms with Crippen molar-refractivity contribution < 1.29 is 14.7 Å². The number of halogens is 2. The van der Waals surface area contributed by atoms with E-state index in [1.165, 1.54) is 18.2 Å². The van der Waals surface area contributed by atoms with E-state index in [-0.39, 0.29) is 11.4 Å². The standard InChI is InChI=1S/C15H12BrClN2O3/c1-8-6-9(16)2-4-11(8)18-14(21)15(22)19-12-7-10(17)3-5-13(12)20/h2-7,20H,1H3,(H,18,21)(H,19,22). The summed E-state index contributed by atoms with van der Waals surface area (Å²) in [5.74, 6) is -1.92. The van der Waals surface area contributed by atoms with E-state index in [2.05, 4.69) is 26.6 Å². The Morgan fingerprint density at radius 2 is 1.68 bits per heavy atom. The molecule has 22 heavy (non-hydrogen) atoms. The quantitative estimate of drug-likeness (QED) is 0.546. The van der Waals surface area contributed by atoms with E-state index >= 15 is 0 Å². The highest BCUT2D eigenvalue weighted by Gasteiger charge is 2.16. The van der Waals surface area contributed by atoms with Crippen molar-refractivity contribution in [2.24, 2.45) is 0 Å². The number of nitrogens with one attached hydrogen (secondary N) is 2. The van der Waals surface area contributed by atoms with Crippen molar-refractivity contribution in [2.75, 3.05) is 10.6 Å². The highest BCUT2D eigenvalue weighted by molar-refractivity contribution is 9.10. The van der Waals surface area contributed by atoms with Gasteiger partial charge in [-0.3, -0.25) is 9.59 Å². The summed E-state index contributed by atoms with van der Waals surface area (Å²) >= 11 is 9.10. The Morgan fingerprint density at radius 1 is 1.05 bits per heavy atom. The Morgan fingerprint density at radius 3 is 2.32 bits per heavy atom. The number of aromatic hydroxyl groups is 1. The first-order valence-electron chi connectivity index (χ1n) is 6.24. The fraction of sp³-hybridized carbons (Fsp3) is 0.0667. The van der Waals surface area contributed by atoms with Crippen molar-refractivity contribution in [1.82, 2.24) is 0 Å². The summed E-state index contributed by atoms with van der Waals surface area (Å²) in [7, 11) is 0. The van der Waals surface area contributed by atoms with Crippen LogP contribution in [0, 0.1) is 6.92 Å². The number of hydrogen-bond donors (Lipinski definition) is 3. The summed E-state index contributed by atoms with van der Waals surface area (Å²) in [6.07, 6.45) is 0. The van der Waals surface area contributed by atoms with Crippen LogP contribution in [0.4, 0.5) is 11.4 Å². The number of rotatable bonds is 2. The second kappa shape index (κ2) is 6.81. The van der Waals surface area contributed by atoms with Crippen LogP contribution in [0.5, 0.6) is 5.75 Å². The van der Waals surface area contributed by atoms with Crippen LogP contribution in [0.3, 0.4) is 0 Å². The molecule has 0 aromatic heterocycles. The molecule has 7 heteroatoms. The molecule has 2 aromatic rings. The first-order valence-corrected chi connectivity index (χ1v) is 7.41. The molecule has 0 bridgehead atoms. The molecule has 5 nitrogen and oxygen atoms in total. The predicted molar refractivity (Wildman–Crippen MR) is 89.3 cm³/mol. The summed E-state index contributed by atoms with van der Waals surface area (Å²) in [4.78, 5) is 23.8. The summed E-state index contributed by atoms with van der Waals surface area (Å²) in [6.45, 7) is 1.81. The Labute approximate surface area is 140 Å². The number of phenolic OH excluding ortho intramolecular Hbond substituents is 1. The van der Waals surface area contributed by atoms with Gasteiger partial charge in [-0.1, -0.05) is 27.5 Å². The van der Waals surface area contributed by atoms with Crippen molar-refractivity contribution in [3.05, 3.63) is 51.5 Å². The number of amides is 2. The molecule has 0 saturated carbocycles. The third-order valence-electron chi connectivity index (χ3n) is 2.85. The predicted octanol–water partition coefficient (Wildman–Crippen LogP) is 3.69. The van der Waals surface area contributed by atoms with Crippen LogP contribution >= 0.6 is 27.5 Å². The van der Waals surface area contributed by atoms with E-state index in [1.54, 1.807) is 19.1 Å². The molecule has 114 valence electrons. The smallest absolute Gasteiger partial charge is 0.314 e.